The van der Waals surface area contributed by atoms with E-state index in [4.69, 9.17) is 4.52 Å². The molecule has 0 aliphatic rings. The van der Waals surface area contributed by atoms with Crippen molar-refractivity contribution in [2.75, 3.05) is 13.1 Å². The average molecular weight is 421 g/mol. The highest BCUT2D eigenvalue weighted by Gasteiger charge is 2.15. The lowest BCUT2D eigenvalue weighted by molar-refractivity contribution is -0.120. The standard InChI is InChI=1S/C22H20FN5O3/c1-28-17-9-5-8-15(23)21(17)26-19(28)10-11-24-20(29)13-25-22(30)16-12-18(31-27-16)14-6-3-2-4-7-14/h2-9,12H,10-11,13H2,1H3,(H,24,29)(H,25,30). The molecule has 4 rings (SSSR count). The molecule has 2 aromatic carbocycles. The van der Waals surface area contributed by atoms with Gasteiger partial charge in [0.05, 0.1) is 12.1 Å². The van der Waals surface area contributed by atoms with Crippen LogP contribution in [0.2, 0.25) is 0 Å². The Hall–Kier alpha value is -4.01. The smallest absolute Gasteiger partial charge is 0.273 e. The molecular formula is C22H20FN5O3. The maximum atomic E-state index is 13.8. The van der Waals surface area contributed by atoms with Gasteiger partial charge in [-0.2, -0.15) is 0 Å². The number of imidazole rings is 1. The van der Waals surface area contributed by atoms with Crippen LogP contribution in [0.3, 0.4) is 0 Å². The molecule has 0 saturated carbocycles. The Balaban J connectivity index is 1.26. The van der Waals surface area contributed by atoms with E-state index >= 15 is 0 Å². The average Bonchev–Trinajstić information content (AvgIpc) is 3.40. The summed E-state index contributed by atoms with van der Waals surface area (Å²) in [6, 6.07) is 15.6. The van der Waals surface area contributed by atoms with E-state index in [-0.39, 0.29) is 24.0 Å². The van der Waals surface area contributed by atoms with Crippen molar-refractivity contribution in [2.24, 2.45) is 7.05 Å². The summed E-state index contributed by atoms with van der Waals surface area (Å²) < 4.78 is 20.8. The first-order valence-corrected chi connectivity index (χ1v) is 9.70. The third kappa shape index (κ3) is 4.45. The number of nitrogens with zero attached hydrogens (tertiary/aromatic N) is 3. The fourth-order valence-electron chi connectivity index (χ4n) is 3.20. The second kappa shape index (κ2) is 8.78. The van der Waals surface area contributed by atoms with Gasteiger partial charge in [-0.25, -0.2) is 9.37 Å². The quantitative estimate of drug-likeness (QED) is 0.477. The summed E-state index contributed by atoms with van der Waals surface area (Å²) in [6.07, 6.45) is 0.425. The van der Waals surface area contributed by atoms with E-state index in [0.29, 0.717) is 35.6 Å². The van der Waals surface area contributed by atoms with Crippen LogP contribution < -0.4 is 10.6 Å². The predicted octanol–water partition coefficient (Wildman–Crippen LogP) is 2.46. The molecule has 0 radical (unpaired) electrons. The van der Waals surface area contributed by atoms with E-state index in [1.165, 1.54) is 12.1 Å². The van der Waals surface area contributed by atoms with E-state index in [2.05, 4.69) is 20.8 Å². The second-order valence-electron chi connectivity index (χ2n) is 6.92. The van der Waals surface area contributed by atoms with Gasteiger partial charge in [0.25, 0.3) is 5.91 Å². The number of carbonyl (C=O) groups excluding carboxylic acids is 2. The van der Waals surface area contributed by atoms with Gasteiger partial charge in [0.1, 0.15) is 11.3 Å². The minimum atomic E-state index is -0.507. The van der Waals surface area contributed by atoms with Crippen LogP contribution in [-0.4, -0.2) is 39.6 Å². The third-order valence-electron chi connectivity index (χ3n) is 4.84. The third-order valence-corrected chi connectivity index (χ3v) is 4.84. The number of carbonyl (C=O) groups is 2. The molecule has 2 N–H and O–H groups in total. The number of hydrogen-bond donors (Lipinski definition) is 2. The van der Waals surface area contributed by atoms with Crippen molar-refractivity contribution in [3.63, 3.8) is 0 Å². The number of para-hydroxylation sites is 1. The highest BCUT2D eigenvalue weighted by molar-refractivity contribution is 5.95. The Kier molecular flexibility index (Phi) is 5.74. The minimum Gasteiger partial charge on any atom is -0.355 e. The van der Waals surface area contributed by atoms with Gasteiger partial charge in [0.15, 0.2) is 17.3 Å². The van der Waals surface area contributed by atoms with Gasteiger partial charge in [-0.05, 0) is 12.1 Å². The molecule has 9 heteroatoms. The molecule has 0 saturated heterocycles. The van der Waals surface area contributed by atoms with Crippen LogP contribution in [-0.2, 0) is 18.3 Å². The van der Waals surface area contributed by atoms with Gasteiger partial charge in [-0.1, -0.05) is 41.6 Å². The maximum absolute atomic E-state index is 13.8. The Labute approximate surface area is 177 Å². The summed E-state index contributed by atoms with van der Waals surface area (Å²) in [5, 5.41) is 8.97. The summed E-state index contributed by atoms with van der Waals surface area (Å²) in [5.41, 5.74) is 1.89. The van der Waals surface area contributed by atoms with Crippen LogP contribution in [0, 0.1) is 5.82 Å². The zero-order valence-electron chi connectivity index (χ0n) is 16.8. The van der Waals surface area contributed by atoms with Crippen LogP contribution in [0.15, 0.2) is 59.1 Å². The van der Waals surface area contributed by atoms with E-state index in [9.17, 15) is 14.0 Å². The van der Waals surface area contributed by atoms with Gasteiger partial charge >= 0.3 is 0 Å². The number of nitrogens with one attached hydrogen (secondary N) is 2. The van der Waals surface area contributed by atoms with Crippen molar-refractivity contribution < 1.29 is 18.5 Å². The van der Waals surface area contributed by atoms with E-state index in [1.54, 1.807) is 23.7 Å². The number of fused-ring (bicyclic) bond motifs is 1. The highest BCUT2D eigenvalue weighted by Crippen LogP contribution is 2.20. The molecule has 4 aromatic rings. The fraction of sp³-hybridized carbons (Fsp3) is 0.182. The Morgan fingerprint density at radius 2 is 1.90 bits per heavy atom. The number of halogens is 1. The van der Waals surface area contributed by atoms with Crippen LogP contribution >= 0.6 is 0 Å². The van der Waals surface area contributed by atoms with Crippen molar-refractivity contribution in [3.05, 3.63) is 71.9 Å². The van der Waals surface area contributed by atoms with Crippen molar-refractivity contribution >= 4 is 22.8 Å². The molecule has 0 aliphatic carbocycles. The van der Waals surface area contributed by atoms with Crippen LogP contribution in [0.4, 0.5) is 4.39 Å². The summed E-state index contributed by atoms with van der Waals surface area (Å²) in [5.74, 6) is -0.124. The second-order valence-corrected chi connectivity index (χ2v) is 6.92. The first kappa shape index (κ1) is 20.3. The van der Waals surface area contributed by atoms with E-state index in [1.807, 2.05) is 30.3 Å². The normalized spacial score (nSPS) is 10.9. The van der Waals surface area contributed by atoms with E-state index in [0.717, 1.165) is 5.56 Å². The molecule has 0 unspecified atom stereocenters. The number of hydrogen-bond acceptors (Lipinski definition) is 5. The molecule has 158 valence electrons. The number of aryl methyl sites for hydroxylation is 1. The predicted molar refractivity (Wildman–Crippen MR) is 112 cm³/mol. The summed E-state index contributed by atoms with van der Waals surface area (Å²) >= 11 is 0. The van der Waals surface area contributed by atoms with Crippen LogP contribution in [0.25, 0.3) is 22.4 Å². The minimum absolute atomic E-state index is 0.0911. The zero-order chi connectivity index (χ0) is 21.8. The molecule has 0 spiro atoms. The van der Waals surface area contributed by atoms with Crippen molar-refractivity contribution in [1.29, 1.82) is 0 Å². The first-order valence-electron chi connectivity index (χ1n) is 9.70. The van der Waals surface area contributed by atoms with Crippen molar-refractivity contribution in [3.8, 4) is 11.3 Å². The Bertz CT molecular complexity index is 1230. The largest absolute Gasteiger partial charge is 0.355 e. The lowest BCUT2D eigenvalue weighted by Crippen LogP contribution is -2.37. The monoisotopic (exact) mass is 421 g/mol. The molecule has 31 heavy (non-hydrogen) atoms. The van der Waals surface area contributed by atoms with Crippen LogP contribution in [0.5, 0.6) is 0 Å². The number of aromatic nitrogens is 3. The molecule has 0 atom stereocenters. The molecule has 2 amide bonds. The highest BCUT2D eigenvalue weighted by atomic mass is 19.1. The lowest BCUT2D eigenvalue weighted by Gasteiger charge is -2.06. The number of amides is 2. The van der Waals surface area contributed by atoms with Crippen molar-refractivity contribution in [2.45, 2.75) is 6.42 Å². The molecular weight excluding hydrogens is 401 g/mol. The number of rotatable bonds is 7. The topological polar surface area (TPSA) is 102 Å². The van der Waals surface area contributed by atoms with Gasteiger partial charge in [0, 0.05) is 31.6 Å². The summed E-state index contributed by atoms with van der Waals surface area (Å²) in [7, 11) is 1.80. The molecule has 8 nitrogen and oxygen atoms in total. The van der Waals surface area contributed by atoms with Gasteiger partial charge < -0.3 is 19.7 Å². The lowest BCUT2D eigenvalue weighted by atomic mass is 10.1. The van der Waals surface area contributed by atoms with Gasteiger partial charge in [-0.15, -0.1) is 0 Å². The fourth-order valence-corrected chi connectivity index (χ4v) is 3.20. The molecule has 0 fully saturated rings. The summed E-state index contributed by atoms with van der Waals surface area (Å²) in [4.78, 5) is 28.6. The van der Waals surface area contributed by atoms with Crippen LogP contribution in [0.1, 0.15) is 16.3 Å². The van der Waals surface area contributed by atoms with Gasteiger partial charge in [-0.3, -0.25) is 9.59 Å². The SMILES string of the molecule is Cn1c(CCNC(=O)CNC(=O)c2cc(-c3ccccc3)on2)nc2c(F)cccc21. The maximum Gasteiger partial charge on any atom is 0.273 e. The Morgan fingerprint density at radius 3 is 2.68 bits per heavy atom. The first-order chi connectivity index (χ1) is 15.0. The summed E-state index contributed by atoms with van der Waals surface area (Å²) in [6.45, 7) is 0.0964. The molecule has 0 bridgehead atoms. The number of benzene rings is 2. The Morgan fingerprint density at radius 1 is 1.10 bits per heavy atom. The molecule has 2 heterocycles. The van der Waals surface area contributed by atoms with Gasteiger partial charge in [0.2, 0.25) is 5.91 Å². The zero-order valence-corrected chi connectivity index (χ0v) is 16.8. The van der Waals surface area contributed by atoms with Crippen molar-refractivity contribution in [1.82, 2.24) is 25.3 Å². The molecule has 0 aliphatic heterocycles. The molecule has 2 aromatic heterocycles. The van der Waals surface area contributed by atoms with E-state index < -0.39 is 5.91 Å².